The molecular formula is C19H29N3O2. The number of hydrogen-bond acceptors (Lipinski definition) is 3. The number of nitrogens with zero attached hydrogens (tertiary/aromatic N) is 1. The minimum atomic E-state index is -0.582. The molecule has 1 aromatic heterocycles. The molecule has 0 spiro atoms. The number of carbonyl (C=O) groups excluding carboxylic acids is 2. The van der Waals surface area contributed by atoms with Crippen molar-refractivity contribution in [3.05, 3.63) is 29.6 Å². The van der Waals surface area contributed by atoms with Crippen molar-refractivity contribution >= 4 is 11.8 Å². The summed E-state index contributed by atoms with van der Waals surface area (Å²) in [5.41, 5.74) is 5.83. The highest BCUT2D eigenvalue weighted by Crippen LogP contribution is 2.17. The lowest BCUT2D eigenvalue weighted by Gasteiger charge is -2.19. The van der Waals surface area contributed by atoms with Crippen LogP contribution in [0, 0.1) is 0 Å². The molecule has 2 amide bonds. The van der Waals surface area contributed by atoms with Crippen LogP contribution >= 0.6 is 0 Å². The van der Waals surface area contributed by atoms with Crippen molar-refractivity contribution in [2.45, 2.75) is 76.7 Å². The summed E-state index contributed by atoms with van der Waals surface area (Å²) < 4.78 is 0. The van der Waals surface area contributed by atoms with E-state index in [1.54, 1.807) is 6.07 Å². The quantitative estimate of drug-likeness (QED) is 0.887. The molecule has 0 aromatic carbocycles. The Morgan fingerprint density at radius 1 is 0.917 bits per heavy atom. The maximum Gasteiger partial charge on any atom is 0.267 e. The van der Waals surface area contributed by atoms with Gasteiger partial charge in [0.05, 0.1) is 5.56 Å². The normalized spacial score (nSPS) is 18.2. The monoisotopic (exact) mass is 331 g/mol. The van der Waals surface area contributed by atoms with Crippen LogP contribution in [0.15, 0.2) is 18.3 Å². The Kier molecular flexibility index (Phi) is 7.72. The van der Waals surface area contributed by atoms with Crippen LogP contribution in [0.5, 0.6) is 0 Å². The fourth-order valence-corrected chi connectivity index (χ4v) is 3.25. The molecule has 0 bridgehead atoms. The SMILES string of the molecule is NC(=O)c1ccc(C(=O)NC2CCCCCCCCCCC2)cn1. The molecule has 1 aromatic rings. The predicted octanol–water partition coefficient (Wildman–Crippen LogP) is 3.58. The summed E-state index contributed by atoms with van der Waals surface area (Å²) in [4.78, 5) is 27.4. The van der Waals surface area contributed by atoms with Gasteiger partial charge >= 0.3 is 0 Å². The summed E-state index contributed by atoms with van der Waals surface area (Å²) in [5.74, 6) is -0.697. The van der Waals surface area contributed by atoms with Crippen LogP contribution < -0.4 is 11.1 Å². The topological polar surface area (TPSA) is 85.1 Å². The summed E-state index contributed by atoms with van der Waals surface area (Å²) in [5, 5.41) is 3.14. The molecule has 1 aliphatic rings. The van der Waals surface area contributed by atoms with Crippen molar-refractivity contribution in [3.63, 3.8) is 0 Å². The van der Waals surface area contributed by atoms with E-state index in [2.05, 4.69) is 10.3 Å². The number of nitrogens with one attached hydrogen (secondary N) is 1. The first kappa shape index (κ1) is 18.4. The average Bonchev–Trinajstić information content (AvgIpc) is 2.57. The van der Waals surface area contributed by atoms with Gasteiger partial charge in [-0.25, -0.2) is 0 Å². The van der Waals surface area contributed by atoms with E-state index in [0.29, 0.717) is 5.56 Å². The second-order valence-corrected chi connectivity index (χ2v) is 6.73. The van der Waals surface area contributed by atoms with Crippen molar-refractivity contribution < 1.29 is 9.59 Å². The van der Waals surface area contributed by atoms with Crippen molar-refractivity contribution in [3.8, 4) is 0 Å². The van der Waals surface area contributed by atoms with Gasteiger partial charge in [-0.05, 0) is 25.0 Å². The van der Waals surface area contributed by atoms with Crippen LogP contribution in [0.25, 0.3) is 0 Å². The van der Waals surface area contributed by atoms with E-state index < -0.39 is 5.91 Å². The first-order valence-electron chi connectivity index (χ1n) is 9.23. The van der Waals surface area contributed by atoms with Gasteiger partial charge in [0.25, 0.3) is 11.8 Å². The van der Waals surface area contributed by atoms with Crippen LogP contribution in [0.1, 0.15) is 91.5 Å². The Bertz CT molecular complexity index is 516. The molecule has 1 heterocycles. The molecule has 5 heteroatoms. The Morgan fingerprint density at radius 3 is 1.92 bits per heavy atom. The molecule has 24 heavy (non-hydrogen) atoms. The average molecular weight is 331 g/mol. The number of rotatable bonds is 3. The van der Waals surface area contributed by atoms with E-state index in [0.717, 1.165) is 12.8 Å². The first-order chi connectivity index (χ1) is 11.7. The number of hydrogen-bond donors (Lipinski definition) is 2. The molecule has 0 radical (unpaired) electrons. The van der Waals surface area contributed by atoms with Gasteiger partial charge in [-0.3, -0.25) is 14.6 Å². The third kappa shape index (κ3) is 6.30. The third-order valence-corrected chi connectivity index (χ3v) is 4.72. The lowest BCUT2D eigenvalue weighted by Crippen LogP contribution is -2.35. The molecule has 0 atom stereocenters. The zero-order chi connectivity index (χ0) is 17.2. The highest BCUT2D eigenvalue weighted by molar-refractivity contribution is 5.95. The van der Waals surface area contributed by atoms with E-state index in [9.17, 15) is 9.59 Å². The lowest BCUT2D eigenvalue weighted by molar-refractivity contribution is 0.0928. The molecule has 1 saturated carbocycles. The second kappa shape index (κ2) is 10.1. The van der Waals surface area contributed by atoms with E-state index in [-0.39, 0.29) is 17.6 Å². The maximum atomic E-state index is 12.4. The molecule has 5 nitrogen and oxygen atoms in total. The van der Waals surface area contributed by atoms with Crippen molar-refractivity contribution in [2.75, 3.05) is 0 Å². The number of amides is 2. The number of nitrogens with two attached hydrogens (primary N) is 1. The Labute approximate surface area is 144 Å². The van der Waals surface area contributed by atoms with Gasteiger partial charge in [0.1, 0.15) is 5.69 Å². The molecule has 1 fully saturated rings. The van der Waals surface area contributed by atoms with Gasteiger partial charge in [-0.2, -0.15) is 0 Å². The molecule has 2 rings (SSSR count). The number of pyridine rings is 1. The van der Waals surface area contributed by atoms with Gasteiger partial charge < -0.3 is 11.1 Å². The standard InChI is InChI=1S/C19H29N3O2/c20-18(23)17-13-12-15(14-21-17)19(24)22-16-10-8-6-4-2-1-3-5-7-9-11-16/h12-14,16H,1-11H2,(H2,20,23)(H,22,24). The van der Waals surface area contributed by atoms with Crippen LogP contribution in [0.3, 0.4) is 0 Å². The number of aromatic nitrogens is 1. The van der Waals surface area contributed by atoms with Crippen molar-refractivity contribution in [1.29, 1.82) is 0 Å². The van der Waals surface area contributed by atoms with Gasteiger partial charge in [-0.1, -0.05) is 57.8 Å². The van der Waals surface area contributed by atoms with Gasteiger partial charge in [-0.15, -0.1) is 0 Å². The minimum Gasteiger partial charge on any atom is -0.364 e. The largest absolute Gasteiger partial charge is 0.364 e. The fraction of sp³-hybridized carbons (Fsp3) is 0.632. The zero-order valence-corrected chi connectivity index (χ0v) is 14.4. The van der Waals surface area contributed by atoms with E-state index >= 15 is 0 Å². The fourth-order valence-electron chi connectivity index (χ4n) is 3.25. The molecular weight excluding hydrogens is 302 g/mol. The summed E-state index contributed by atoms with van der Waals surface area (Å²) in [6, 6.07) is 3.34. The van der Waals surface area contributed by atoms with Crippen LogP contribution in [-0.4, -0.2) is 22.8 Å². The summed E-state index contributed by atoms with van der Waals surface area (Å²) in [7, 11) is 0. The third-order valence-electron chi connectivity index (χ3n) is 4.72. The highest BCUT2D eigenvalue weighted by atomic mass is 16.2. The number of primary amides is 1. The zero-order valence-electron chi connectivity index (χ0n) is 14.4. The van der Waals surface area contributed by atoms with Crippen LogP contribution in [-0.2, 0) is 0 Å². The van der Waals surface area contributed by atoms with Gasteiger partial charge in [0, 0.05) is 12.2 Å². The van der Waals surface area contributed by atoms with E-state index in [4.69, 9.17) is 5.73 Å². The van der Waals surface area contributed by atoms with Crippen LogP contribution in [0.4, 0.5) is 0 Å². The molecule has 3 N–H and O–H groups in total. The summed E-state index contributed by atoms with van der Waals surface area (Å²) in [6.07, 6.45) is 15.0. The van der Waals surface area contributed by atoms with E-state index in [1.807, 2.05) is 0 Å². The van der Waals surface area contributed by atoms with E-state index in [1.165, 1.54) is 70.1 Å². The van der Waals surface area contributed by atoms with Crippen LogP contribution in [0.2, 0.25) is 0 Å². The Hall–Kier alpha value is -1.91. The smallest absolute Gasteiger partial charge is 0.267 e. The van der Waals surface area contributed by atoms with Crippen molar-refractivity contribution in [1.82, 2.24) is 10.3 Å². The minimum absolute atomic E-state index is 0.115. The Morgan fingerprint density at radius 2 is 1.46 bits per heavy atom. The van der Waals surface area contributed by atoms with Gasteiger partial charge in [0.2, 0.25) is 0 Å². The van der Waals surface area contributed by atoms with Gasteiger partial charge in [0.15, 0.2) is 0 Å². The second-order valence-electron chi connectivity index (χ2n) is 6.73. The molecule has 0 unspecified atom stereocenters. The molecule has 1 aliphatic carbocycles. The van der Waals surface area contributed by atoms with Crippen molar-refractivity contribution in [2.24, 2.45) is 5.73 Å². The summed E-state index contributed by atoms with van der Waals surface area (Å²) >= 11 is 0. The highest BCUT2D eigenvalue weighted by Gasteiger charge is 2.15. The predicted molar refractivity (Wildman–Crippen MR) is 94.8 cm³/mol. The maximum absolute atomic E-state index is 12.4. The molecule has 0 saturated heterocycles. The Balaban J connectivity index is 1.89. The molecule has 0 aliphatic heterocycles. The number of carbonyl (C=O) groups is 2. The lowest BCUT2D eigenvalue weighted by atomic mass is 9.98. The first-order valence-corrected chi connectivity index (χ1v) is 9.23. The molecule has 132 valence electrons. The summed E-state index contributed by atoms with van der Waals surface area (Å²) in [6.45, 7) is 0.